The van der Waals surface area contributed by atoms with Gasteiger partial charge in [0.1, 0.15) is 5.58 Å². The van der Waals surface area contributed by atoms with Gasteiger partial charge in [-0.1, -0.05) is 44.2 Å². The van der Waals surface area contributed by atoms with Gasteiger partial charge in [-0.15, -0.1) is 0 Å². The lowest BCUT2D eigenvalue weighted by atomic mass is 9.94. The number of hydrogen-bond acceptors (Lipinski definition) is 4. The molecule has 0 radical (unpaired) electrons. The Hall–Kier alpha value is -2.64. The van der Waals surface area contributed by atoms with Gasteiger partial charge in [0.05, 0.1) is 4.90 Å². The van der Waals surface area contributed by atoms with E-state index < -0.39 is 10.0 Å². The largest absolute Gasteiger partial charge is 0.451 e. The fraction of sp³-hybridized carbons (Fsp3) is 0.444. The molecular weight excluding hydrogens is 448 g/mol. The minimum atomic E-state index is -3.61. The number of amides is 1. The first-order chi connectivity index (χ1) is 16.1. The zero-order valence-electron chi connectivity index (χ0n) is 20.4. The van der Waals surface area contributed by atoms with Gasteiger partial charge in [-0.05, 0) is 68.7 Å². The molecule has 0 unspecified atom stereocenters. The van der Waals surface area contributed by atoms with Crippen LogP contribution in [0.1, 0.15) is 55.3 Å². The summed E-state index contributed by atoms with van der Waals surface area (Å²) in [6.07, 6.45) is 2.72. The minimum Gasteiger partial charge on any atom is -0.451 e. The molecule has 0 saturated carbocycles. The smallest absolute Gasteiger partial charge is 0.287 e. The molecule has 1 aromatic heterocycles. The number of nitrogens with zero attached hydrogens (tertiary/aromatic N) is 1. The van der Waals surface area contributed by atoms with Crippen LogP contribution < -0.4 is 5.32 Å². The number of piperidine rings is 1. The monoisotopic (exact) mass is 482 g/mol. The molecule has 34 heavy (non-hydrogen) atoms. The molecule has 0 spiro atoms. The van der Waals surface area contributed by atoms with Crippen LogP contribution in [0.4, 0.5) is 0 Å². The van der Waals surface area contributed by atoms with E-state index in [-0.39, 0.29) is 22.6 Å². The van der Waals surface area contributed by atoms with Crippen LogP contribution in [-0.2, 0) is 16.4 Å². The van der Waals surface area contributed by atoms with Crippen LogP contribution in [0.2, 0.25) is 0 Å². The molecule has 1 aliphatic heterocycles. The number of carbonyl (C=O) groups is 1. The van der Waals surface area contributed by atoms with Gasteiger partial charge in [0.2, 0.25) is 10.0 Å². The maximum Gasteiger partial charge on any atom is 0.287 e. The standard InChI is InChI=1S/C27H34N2O4S/c1-18-14-19(2)17-29(16-18)34(31,32)23-12-13-25-24(15-23)21(4)26(33-25)27(30)28-20(3)10-11-22-8-6-5-7-9-22/h5-9,12-13,15,18-20H,10-11,14,16-17H2,1-4H3,(H,28,30)/t18-,19-,20+/m0/s1. The Labute approximate surface area is 202 Å². The third kappa shape index (κ3) is 5.20. The van der Waals surface area contributed by atoms with Crippen LogP contribution >= 0.6 is 0 Å². The number of benzene rings is 2. The fourth-order valence-electron chi connectivity index (χ4n) is 4.92. The molecule has 1 aliphatic rings. The number of furan rings is 1. The first kappa shape index (κ1) is 24.5. The van der Waals surface area contributed by atoms with Crippen molar-refractivity contribution in [1.29, 1.82) is 0 Å². The van der Waals surface area contributed by atoms with Crippen LogP contribution in [0.3, 0.4) is 0 Å². The number of nitrogens with one attached hydrogen (secondary N) is 1. The maximum absolute atomic E-state index is 13.3. The molecule has 6 nitrogen and oxygen atoms in total. The van der Waals surface area contributed by atoms with Gasteiger partial charge >= 0.3 is 0 Å². The highest BCUT2D eigenvalue weighted by atomic mass is 32.2. The van der Waals surface area contributed by atoms with Crippen molar-refractivity contribution in [3.63, 3.8) is 0 Å². The van der Waals surface area contributed by atoms with Crippen LogP contribution in [0.25, 0.3) is 11.0 Å². The van der Waals surface area contributed by atoms with Crippen molar-refractivity contribution in [2.75, 3.05) is 13.1 Å². The molecular formula is C27H34N2O4S. The Balaban J connectivity index is 1.51. The van der Waals surface area contributed by atoms with E-state index in [1.165, 1.54) is 5.56 Å². The predicted octanol–water partition coefficient (Wildman–Crippen LogP) is 5.16. The highest BCUT2D eigenvalue weighted by Gasteiger charge is 2.32. The average Bonchev–Trinajstić information content (AvgIpc) is 3.14. The summed E-state index contributed by atoms with van der Waals surface area (Å²) >= 11 is 0. The predicted molar refractivity (Wildman–Crippen MR) is 134 cm³/mol. The molecule has 4 rings (SSSR count). The third-order valence-corrected chi connectivity index (χ3v) is 8.50. The first-order valence-electron chi connectivity index (χ1n) is 12.0. The number of sulfonamides is 1. The summed E-state index contributed by atoms with van der Waals surface area (Å²) in [6.45, 7) is 9.02. The number of carbonyl (C=O) groups excluding carboxylic acids is 1. The number of aryl methyl sites for hydroxylation is 2. The van der Waals surface area contributed by atoms with Crippen molar-refractivity contribution >= 4 is 26.9 Å². The summed E-state index contributed by atoms with van der Waals surface area (Å²) < 4.78 is 34.1. The lowest BCUT2D eigenvalue weighted by molar-refractivity contribution is 0.0911. The van der Waals surface area contributed by atoms with E-state index in [4.69, 9.17) is 4.42 Å². The minimum absolute atomic E-state index is 0.0284. The number of rotatable bonds is 7. The highest BCUT2D eigenvalue weighted by Crippen LogP contribution is 2.31. The van der Waals surface area contributed by atoms with Gasteiger partial charge in [0.25, 0.3) is 5.91 Å². The molecule has 1 fully saturated rings. The van der Waals surface area contributed by atoms with E-state index in [1.807, 2.05) is 25.1 Å². The molecule has 1 N–H and O–H groups in total. The van der Waals surface area contributed by atoms with Gasteiger partial charge in [0, 0.05) is 30.1 Å². The van der Waals surface area contributed by atoms with Crippen LogP contribution in [0, 0.1) is 18.8 Å². The van der Waals surface area contributed by atoms with E-state index in [1.54, 1.807) is 29.4 Å². The Bertz CT molecular complexity index is 1260. The molecule has 1 saturated heterocycles. The lowest BCUT2D eigenvalue weighted by Gasteiger charge is -2.34. The summed E-state index contributed by atoms with van der Waals surface area (Å²) in [7, 11) is -3.61. The molecule has 2 heterocycles. The van der Waals surface area contributed by atoms with Crippen LogP contribution in [0.5, 0.6) is 0 Å². The third-order valence-electron chi connectivity index (χ3n) is 6.67. The number of hydrogen-bond donors (Lipinski definition) is 1. The second-order valence-electron chi connectivity index (χ2n) is 9.88. The quantitative estimate of drug-likeness (QED) is 0.505. The van der Waals surface area contributed by atoms with E-state index >= 15 is 0 Å². The van der Waals surface area contributed by atoms with Crippen molar-refractivity contribution in [2.45, 2.75) is 57.9 Å². The molecule has 0 bridgehead atoms. The summed E-state index contributed by atoms with van der Waals surface area (Å²) in [5.41, 5.74) is 2.40. The van der Waals surface area contributed by atoms with Gasteiger partial charge in [0.15, 0.2) is 5.76 Å². The Morgan fingerprint density at radius 1 is 1.12 bits per heavy atom. The van der Waals surface area contributed by atoms with E-state index in [9.17, 15) is 13.2 Å². The second-order valence-corrected chi connectivity index (χ2v) is 11.8. The molecule has 2 aromatic carbocycles. The Morgan fingerprint density at radius 2 is 1.79 bits per heavy atom. The van der Waals surface area contributed by atoms with Crippen molar-refractivity contribution in [3.8, 4) is 0 Å². The SMILES string of the molecule is Cc1c(C(=O)N[C@H](C)CCc2ccccc2)oc2ccc(S(=O)(=O)N3C[C@@H](C)C[C@H](C)C3)cc12. The van der Waals surface area contributed by atoms with E-state index in [2.05, 4.69) is 31.3 Å². The van der Waals surface area contributed by atoms with Gasteiger partial charge < -0.3 is 9.73 Å². The van der Waals surface area contributed by atoms with E-state index in [0.717, 1.165) is 19.3 Å². The Kier molecular flexibility index (Phi) is 7.14. The van der Waals surface area contributed by atoms with E-state index in [0.29, 0.717) is 41.5 Å². The summed E-state index contributed by atoms with van der Waals surface area (Å²) in [5, 5.41) is 3.67. The fourth-order valence-corrected chi connectivity index (χ4v) is 6.62. The average molecular weight is 483 g/mol. The molecule has 7 heteroatoms. The lowest BCUT2D eigenvalue weighted by Crippen LogP contribution is -2.42. The normalized spacial score (nSPS) is 20.4. The summed E-state index contributed by atoms with van der Waals surface area (Å²) in [6, 6.07) is 15.0. The summed E-state index contributed by atoms with van der Waals surface area (Å²) in [4.78, 5) is 13.2. The summed E-state index contributed by atoms with van der Waals surface area (Å²) in [5.74, 6) is 0.614. The Morgan fingerprint density at radius 3 is 2.47 bits per heavy atom. The maximum atomic E-state index is 13.3. The molecule has 3 atom stereocenters. The first-order valence-corrected chi connectivity index (χ1v) is 13.5. The van der Waals surface area contributed by atoms with Crippen LogP contribution in [0.15, 0.2) is 57.8 Å². The number of fused-ring (bicyclic) bond motifs is 1. The second kappa shape index (κ2) is 9.92. The molecule has 182 valence electrons. The van der Waals surface area contributed by atoms with Gasteiger partial charge in [-0.25, -0.2) is 8.42 Å². The molecule has 1 amide bonds. The zero-order valence-corrected chi connectivity index (χ0v) is 21.2. The topological polar surface area (TPSA) is 79.6 Å². The van der Waals surface area contributed by atoms with Crippen molar-refractivity contribution in [2.24, 2.45) is 11.8 Å². The molecule has 0 aliphatic carbocycles. The van der Waals surface area contributed by atoms with Gasteiger partial charge in [-0.3, -0.25) is 4.79 Å². The highest BCUT2D eigenvalue weighted by molar-refractivity contribution is 7.89. The van der Waals surface area contributed by atoms with Crippen molar-refractivity contribution in [3.05, 3.63) is 65.4 Å². The van der Waals surface area contributed by atoms with Crippen LogP contribution in [-0.4, -0.2) is 37.8 Å². The van der Waals surface area contributed by atoms with Crippen molar-refractivity contribution in [1.82, 2.24) is 9.62 Å². The van der Waals surface area contributed by atoms with Crippen molar-refractivity contribution < 1.29 is 17.6 Å². The molecule has 3 aromatic rings. The van der Waals surface area contributed by atoms with Gasteiger partial charge in [-0.2, -0.15) is 4.31 Å². The zero-order chi connectivity index (χ0) is 24.5.